The van der Waals surface area contributed by atoms with Gasteiger partial charge in [-0.3, -0.25) is 9.69 Å². The summed E-state index contributed by atoms with van der Waals surface area (Å²) < 4.78 is 31.2. The number of rotatable bonds is 12. The lowest BCUT2D eigenvalue weighted by atomic mass is 10.1. The molecule has 0 radical (unpaired) electrons. The Morgan fingerprint density at radius 1 is 1.26 bits per heavy atom. The molecule has 7 heteroatoms. The van der Waals surface area contributed by atoms with Crippen LogP contribution in [-0.2, 0) is 11.3 Å². The highest BCUT2D eigenvalue weighted by molar-refractivity contribution is 5.76. The maximum Gasteiger partial charge on any atom is 0.161 e. The van der Waals surface area contributed by atoms with E-state index < -0.39 is 6.10 Å². The maximum absolute atomic E-state index is 14.2. The van der Waals surface area contributed by atoms with E-state index in [0.29, 0.717) is 48.9 Å². The largest absolute Gasteiger partial charge is 0.490 e. The number of halogens is 1. The normalized spacial score (nSPS) is 17.0. The summed E-state index contributed by atoms with van der Waals surface area (Å²) in [6.07, 6.45) is 2.00. The fourth-order valence-corrected chi connectivity index (χ4v) is 3.67. The van der Waals surface area contributed by atoms with Crippen LogP contribution in [0.1, 0.15) is 35.7 Å². The van der Waals surface area contributed by atoms with E-state index >= 15 is 0 Å². The second kappa shape index (κ2) is 11.8. The van der Waals surface area contributed by atoms with E-state index in [9.17, 15) is 14.3 Å². The molecule has 2 atom stereocenters. The lowest BCUT2D eigenvalue weighted by Crippen LogP contribution is -2.39. The van der Waals surface area contributed by atoms with Crippen LogP contribution in [0.15, 0.2) is 42.5 Å². The van der Waals surface area contributed by atoms with Gasteiger partial charge in [-0.1, -0.05) is 18.2 Å². The summed E-state index contributed by atoms with van der Waals surface area (Å²) in [7, 11) is 0. The van der Waals surface area contributed by atoms with Crippen molar-refractivity contribution in [1.82, 2.24) is 4.90 Å². The molecule has 1 heterocycles. The van der Waals surface area contributed by atoms with Crippen LogP contribution >= 0.6 is 0 Å². The van der Waals surface area contributed by atoms with Crippen molar-refractivity contribution in [1.29, 1.82) is 0 Å². The van der Waals surface area contributed by atoms with Crippen molar-refractivity contribution in [2.24, 2.45) is 0 Å². The van der Waals surface area contributed by atoms with Crippen molar-refractivity contribution < 1.29 is 28.5 Å². The van der Waals surface area contributed by atoms with E-state index in [4.69, 9.17) is 14.2 Å². The Hall–Kier alpha value is -2.48. The van der Waals surface area contributed by atoms with E-state index in [2.05, 4.69) is 0 Å². The maximum atomic E-state index is 14.2. The number of carbonyl (C=O) groups is 1. The van der Waals surface area contributed by atoms with Gasteiger partial charge in [0, 0.05) is 37.4 Å². The number of aldehydes is 1. The number of hydrogen-bond donors (Lipinski definition) is 1. The Kier molecular flexibility index (Phi) is 8.82. The Morgan fingerprint density at radius 3 is 2.81 bits per heavy atom. The van der Waals surface area contributed by atoms with Crippen LogP contribution in [0, 0.1) is 5.82 Å². The Morgan fingerprint density at radius 2 is 2.10 bits per heavy atom. The summed E-state index contributed by atoms with van der Waals surface area (Å²) in [5, 5.41) is 10.6. The highest BCUT2D eigenvalue weighted by atomic mass is 19.1. The number of ether oxygens (including phenoxy) is 3. The summed E-state index contributed by atoms with van der Waals surface area (Å²) in [6, 6.07) is 11.6. The highest BCUT2D eigenvalue weighted by Crippen LogP contribution is 2.28. The van der Waals surface area contributed by atoms with Crippen LogP contribution in [0.4, 0.5) is 4.39 Å². The van der Waals surface area contributed by atoms with Crippen molar-refractivity contribution in [2.75, 3.05) is 32.9 Å². The van der Waals surface area contributed by atoms with Crippen LogP contribution in [0.2, 0.25) is 0 Å². The molecule has 2 aromatic carbocycles. The zero-order valence-corrected chi connectivity index (χ0v) is 17.8. The number of nitrogens with zero attached hydrogens (tertiary/aromatic N) is 1. The van der Waals surface area contributed by atoms with Gasteiger partial charge >= 0.3 is 0 Å². The zero-order valence-electron chi connectivity index (χ0n) is 17.8. The molecular weight excluding hydrogens is 401 g/mol. The molecular formula is C24H30FNO5. The smallest absolute Gasteiger partial charge is 0.161 e. The lowest BCUT2D eigenvalue weighted by Gasteiger charge is -2.27. The quantitative estimate of drug-likeness (QED) is 0.519. The van der Waals surface area contributed by atoms with Gasteiger partial charge in [-0.15, -0.1) is 0 Å². The first kappa shape index (κ1) is 23.2. The number of carbonyl (C=O) groups excluding carboxylic acids is 1. The van der Waals surface area contributed by atoms with Gasteiger partial charge in [0.05, 0.1) is 12.7 Å². The Labute approximate surface area is 182 Å². The molecule has 6 nitrogen and oxygen atoms in total. The minimum Gasteiger partial charge on any atom is -0.490 e. The minimum atomic E-state index is -0.798. The fourth-order valence-electron chi connectivity index (χ4n) is 3.67. The van der Waals surface area contributed by atoms with Crippen molar-refractivity contribution >= 4 is 6.29 Å². The Balaban J connectivity index is 1.62. The molecule has 1 aliphatic heterocycles. The standard InChI is InChI=1S/C24H30FNO5/c1-2-29-24-12-18(16-27)9-10-23(24)31-17-20(28)14-26(15-21-7-5-11-30-21)13-19-6-3-4-8-22(19)25/h3-4,6,8-10,12,16,20-21,28H,2,5,7,11,13-15,17H2,1H3. The van der Waals surface area contributed by atoms with Gasteiger partial charge in [0.15, 0.2) is 11.5 Å². The zero-order chi connectivity index (χ0) is 22.1. The first-order chi connectivity index (χ1) is 15.1. The number of hydrogen-bond acceptors (Lipinski definition) is 6. The number of aliphatic hydroxyl groups is 1. The molecule has 2 aromatic rings. The molecule has 2 unspecified atom stereocenters. The third kappa shape index (κ3) is 7.02. The third-order valence-corrected chi connectivity index (χ3v) is 5.14. The first-order valence-corrected chi connectivity index (χ1v) is 10.7. The van der Waals surface area contributed by atoms with Crippen LogP contribution in [0.3, 0.4) is 0 Å². The van der Waals surface area contributed by atoms with Gasteiger partial charge in [0.1, 0.15) is 24.8 Å². The SMILES string of the molecule is CCOc1cc(C=O)ccc1OCC(O)CN(Cc1ccccc1F)CC1CCCO1. The number of aliphatic hydroxyl groups excluding tert-OH is 1. The molecule has 31 heavy (non-hydrogen) atoms. The molecule has 1 N–H and O–H groups in total. The van der Waals surface area contributed by atoms with Crippen molar-refractivity contribution in [2.45, 2.75) is 38.5 Å². The van der Waals surface area contributed by atoms with Gasteiger partial charge in [-0.2, -0.15) is 0 Å². The fraction of sp³-hybridized carbons (Fsp3) is 0.458. The molecule has 0 amide bonds. The van der Waals surface area contributed by atoms with Gasteiger partial charge in [-0.05, 0) is 44.0 Å². The predicted octanol–water partition coefficient (Wildman–Crippen LogP) is 3.46. The highest BCUT2D eigenvalue weighted by Gasteiger charge is 2.22. The van der Waals surface area contributed by atoms with Crippen molar-refractivity contribution in [3.05, 3.63) is 59.4 Å². The molecule has 1 aliphatic rings. The summed E-state index contributed by atoms with van der Waals surface area (Å²) in [5.74, 6) is 0.662. The molecule has 1 saturated heterocycles. The molecule has 0 aromatic heterocycles. The molecule has 0 aliphatic carbocycles. The summed E-state index contributed by atoms with van der Waals surface area (Å²) >= 11 is 0. The first-order valence-electron chi connectivity index (χ1n) is 10.7. The van der Waals surface area contributed by atoms with Crippen LogP contribution < -0.4 is 9.47 Å². The van der Waals surface area contributed by atoms with E-state index in [0.717, 1.165) is 25.7 Å². The summed E-state index contributed by atoms with van der Waals surface area (Å²) in [6.45, 7) is 4.35. The second-order valence-electron chi connectivity index (χ2n) is 7.64. The average molecular weight is 432 g/mol. The molecule has 1 fully saturated rings. The van der Waals surface area contributed by atoms with Gasteiger partial charge in [0.25, 0.3) is 0 Å². The molecule has 168 valence electrons. The Bertz CT molecular complexity index is 840. The van der Waals surface area contributed by atoms with Crippen LogP contribution in [0.5, 0.6) is 11.5 Å². The lowest BCUT2D eigenvalue weighted by molar-refractivity contribution is 0.0305. The van der Waals surface area contributed by atoms with Crippen LogP contribution in [0.25, 0.3) is 0 Å². The minimum absolute atomic E-state index is 0.0415. The van der Waals surface area contributed by atoms with Gasteiger partial charge < -0.3 is 19.3 Å². The van der Waals surface area contributed by atoms with E-state index in [1.54, 1.807) is 36.4 Å². The number of benzene rings is 2. The summed E-state index contributed by atoms with van der Waals surface area (Å²) in [4.78, 5) is 13.0. The van der Waals surface area contributed by atoms with E-state index in [1.165, 1.54) is 6.07 Å². The predicted molar refractivity (Wildman–Crippen MR) is 115 cm³/mol. The van der Waals surface area contributed by atoms with Gasteiger partial charge in [-0.25, -0.2) is 4.39 Å². The molecule has 0 spiro atoms. The third-order valence-electron chi connectivity index (χ3n) is 5.14. The molecule has 0 saturated carbocycles. The average Bonchev–Trinajstić information content (AvgIpc) is 3.27. The van der Waals surface area contributed by atoms with E-state index in [-0.39, 0.29) is 18.5 Å². The van der Waals surface area contributed by atoms with Gasteiger partial charge in [0.2, 0.25) is 0 Å². The second-order valence-corrected chi connectivity index (χ2v) is 7.64. The molecule has 0 bridgehead atoms. The topological polar surface area (TPSA) is 68.2 Å². The van der Waals surface area contributed by atoms with Crippen LogP contribution in [-0.4, -0.2) is 61.4 Å². The van der Waals surface area contributed by atoms with Crippen molar-refractivity contribution in [3.8, 4) is 11.5 Å². The van der Waals surface area contributed by atoms with E-state index in [1.807, 2.05) is 11.8 Å². The van der Waals surface area contributed by atoms with Crippen molar-refractivity contribution in [3.63, 3.8) is 0 Å². The molecule has 3 rings (SSSR count). The monoisotopic (exact) mass is 431 g/mol. The summed E-state index contributed by atoms with van der Waals surface area (Å²) in [5.41, 5.74) is 1.07.